The van der Waals surface area contributed by atoms with Crippen LogP contribution in [0.3, 0.4) is 0 Å². The fourth-order valence-electron chi connectivity index (χ4n) is 0.686. The summed E-state index contributed by atoms with van der Waals surface area (Å²) in [5.74, 6) is -0.0537. The summed E-state index contributed by atoms with van der Waals surface area (Å²) in [6.07, 6.45) is 0. The minimum Gasteiger partial charge on any atom is -0.383 e. The molecule has 1 amide bonds. The molecule has 0 aromatic carbocycles. The maximum absolute atomic E-state index is 11.1. The average Bonchev–Trinajstić information content (AvgIpc) is 1.98. The number of likely N-dealkylation sites (N-methyl/N-ethyl adjacent to an activating group) is 1. The second kappa shape index (κ2) is 5.09. The van der Waals surface area contributed by atoms with Crippen LogP contribution in [0.4, 0.5) is 0 Å². The van der Waals surface area contributed by atoms with Crippen LogP contribution in [0.25, 0.3) is 0 Å². The normalized spacial score (nSPS) is 12.7. The van der Waals surface area contributed by atoms with E-state index in [0.29, 0.717) is 13.2 Å². The van der Waals surface area contributed by atoms with Crippen molar-refractivity contribution in [1.29, 1.82) is 0 Å². The van der Waals surface area contributed by atoms with Crippen molar-refractivity contribution in [3.8, 4) is 0 Å². The van der Waals surface area contributed by atoms with Crippen LogP contribution in [0.2, 0.25) is 0 Å². The fourth-order valence-corrected chi connectivity index (χ4v) is 0.686. The van der Waals surface area contributed by atoms with Crippen LogP contribution < -0.4 is 5.73 Å². The Morgan fingerprint density at radius 3 is 2.64 bits per heavy atom. The lowest BCUT2D eigenvalue weighted by Gasteiger charge is -2.18. The van der Waals surface area contributed by atoms with Crippen LogP contribution in [-0.4, -0.2) is 44.2 Å². The van der Waals surface area contributed by atoms with Gasteiger partial charge < -0.3 is 15.4 Å². The van der Waals surface area contributed by atoms with E-state index < -0.39 is 6.04 Å². The SMILES string of the molecule is COCCN(C)C(=O)[C@H](C)N. The number of hydrogen-bond donors (Lipinski definition) is 1. The highest BCUT2D eigenvalue weighted by molar-refractivity contribution is 5.80. The van der Waals surface area contributed by atoms with Gasteiger partial charge in [-0.15, -0.1) is 0 Å². The Morgan fingerprint density at radius 2 is 2.27 bits per heavy atom. The molecule has 0 heterocycles. The summed E-state index contributed by atoms with van der Waals surface area (Å²) in [6.45, 7) is 2.82. The van der Waals surface area contributed by atoms with Crippen LogP contribution in [0.5, 0.6) is 0 Å². The van der Waals surface area contributed by atoms with E-state index in [1.165, 1.54) is 0 Å². The highest BCUT2D eigenvalue weighted by Crippen LogP contribution is 1.88. The molecule has 66 valence electrons. The highest BCUT2D eigenvalue weighted by Gasteiger charge is 2.11. The maximum Gasteiger partial charge on any atom is 0.239 e. The molecule has 0 aromatic heterocycles. The van der Waals surface area contributed by atoms with E-state index in [-0.39, 0.29) is 5.91 Å². The molecule has 0 aliphatic rings. The third kappa shape index (κ3) is 3.95. The van der Waals surface area contributed by atoms with Crippen LogP contribution in [0, 0.1) is 0 Å². The first-order valence-corrected chi connectivity index (χ1v) is 3.59. The molecule has 0 aliphatic carbocycles. The van der Waals surface area contributed by atoms with Gasteiger partial charge in [0.2, 0.25) is 5.91 Å². The van der Waals surface area contributed by atoms with Crippen molar-refractivity contribution in [3.05, 3.63) is 0 Å². The molecule has 0 aliphatic heterocycles. The predicted octanol–water partition coefficient (Wildman–Crippen LogP) is -0.562. The average molecular weight is 160 g/mol. The van der Waals surface area contributed by atoms with Gasteiger partial charge in [-0.05, 0) is 6.92 Å². The molecule has 0 radical (unpaired) electrons. The first kappa shape index (κ1) is 10.4. The minimum absolute atomic E-state index is 0.0537. The van der Waals surface area contributed by atoms with Gasteiger partial charge in [0.05, 0.1) is 12.6 Å². The summed E-state index contributed by atoms with van der Waals surface area (Å²) in [7, 11) is 3.31. The van der Waals surface area contributed by atoms with E-state index in [4.69, 9.17) is 10.5 Å². The van der Waals surface area contributed by atoms with Crippen molar-refractivity contribution in [1.82, 2.24) is 4.90 Å². The molecule has 0 spiro atoms. The Labute approximate surface area is 67.3 Å². The van der Waals surface area contributed by atoms with Gasteiger partial charge in [-0.3, -0.25) is 4.79 Å². The lowest BCUT2D eigenvalue weighted by molar-refractivity contribution is -0.131. The van der Waals surface area contributed by atoms with E-state index in [1.54, 1.807) is 26.0 Å². The fraction of sp³-hybridized carbons (Fsp3) is 0.857. The maximum atomic E-state index is 11.1. The van der Waals surface area contributed by atoms with Crippen LogP contribution >= 0.6 is 0 Å². The molecule has 0 saturated heterocycles. The number of ether oxygens (including phenoxy) is 1. The zero-order valence-corrected chi connectivity index (χ0v) is 7.33. The van der Waals surface area contributed by atoms with Gasteiger partial charge >= 0.3 is 0 Å². The van der Waals surface area contributed by atoms with E-state index in [0.717, 1.165) is 0 Å². The molecular formula is C7H16N2O2. The van der Waals surface area contributed by atoms with Gasteiger partial charge in [-0.25, -0.2) is 0 Å². The molecule has 4 heteroatoms. The summed E-state index contributed by atoms with van der Waals surface area (Å²) in [6, 6.07) is -0.420. The van der Waals surface area contributed by atoms with E-state index in [2.05, 4.69) is 0 Å². The van der Waals surface area contributed by atoms with Crippen molar-refractivity contribution < 1.29 is 9.53 Å². The van der Waals surface area contributed by atoms with Gasteiger partial charge in [-0.2, -0.15) is 0 Å². The number of carbonyl (C=O) groups excluding carboxylic acids is 1. The summed E-state index contributed by atoms with van der Waals surface area (Å²) in [5, 5.41) is 0. The first-order chi connectivity index (χ1) is 5.09. The second-order valence-electron chi connectivity index (χ2n) is 2.54. The lowest BCUT2D eigenvalue weighted by Crippen LogP contribution is -2.41. The minimum atomic E-state index is -0.420. The van der Waals surface area contributed by atoms with E-state index in [9.17, 15) is 4.79 Å². The Balaban J connectivity index is 3.64. The number of rotatable bonds is 4. The van der Waals surface area contributed by atoms with Crippen molar-refractivity contribution in [2.75, 3.05) is 27.3 Å². The molecule has 0 unspecified atom stereocenters. The number of hydrogen-bond acceptors (Lipinski definition) is 3. The third-order valence-electron chi connectivity index (χ3n) is 1.40. The van der Waals surface area contributed by atoms with Crippen molar-refractivity contribution in [2.45, 2.75) is 13.0 Å². The van der Waals surface area contributed by atoms with E-state index in [1.807, 2.05) is 0 Å². The first-order valence-electron chi connectivity index (χ1n) is 3.59. The van der Waals surface area contributed by atoms with Gasteiger partial charge in [0.1, 0.15) is 0 Å². The van der Waals surface area contributed by atoms with Gasteiger partial charge in [0.25, 0.3) is 0 Å². The Kier molecular flexibility index (Phi) is 4.81. The monoisotopic (exact) mass is 160 g/mol. The molecule has 0 bridgehead atoms. The molecule has 11 heavy (non-hydrogen) atoms. The topological polar surface area (TPSA) is 55.6 Å². The molecule has 1 atom stereocenters. The second-order valence-corrected chi connectivity index (χ2v) is 2.54. The largest absolute Gasteiger partial charge is 0.383 e. The molecule has 0 rings (SSSR count). The van der Waals surface area contributed by atoms with Crippen molar-refractivity contribution >= 4 is 5.91 Å². The number of amides is 1. The molecule has 4 nitrogen and oxygen atoms in total. The van der Waals surface area contributed by atoms with Gasteiger partial charge in [0, 0.05) is 20.7 Å². The molecule has 0 saturated carbocycles. The summed E-state index contributed by atoms with van der Waals surface area (Å²) in [4.78, 5) is 12.7. The van der Waals surface area contributed by atoms with Gasteiger partial charge in [-0.1, -0.05) is 0 Å². The lowest BCUT2D eigenvalue weighted by atomic mass is 10.3. The number of nitrogens with two attached hydrogens (primary N) is 1. The quantitative estimate of drug-likeness (QED) is 0.599. The third-order valence-corrected chi connectivity index (χ3v) is 1.40. The Bertz CT molecular complexity index is 126. The molecular weight excluding hydrogens is 144 g/mol. The molecule has 2 N–H and O–H groups in total. The zero-order chi connectivity index (χ0) is 8.85. The highest BCUT2D eigenvalue weighted by atomic mass is 16.5. The van der Waals surface area contributed by atoms with Crippen molar-refractivity contribution in [2.24, 2.45) is 5.73 Å². The van der Waals surface area contributed by atoms with Crippen LogP contribution in [-0.2, 0) is 9.53 Å². The number of nitrogens with zero attached hydrogens (tertiary/aromatic N) is 1. The van der Waals surface area contributed by atoms with Crippen molar-refractivity contribution in [3.63, 3.8) is 0 Å². The Morgan fingerprint density at radius 1 is 1.73 bits per heavy atom. The smallest absolute Gasteiger partial charge is 0.239 e. The van der Waals surface area contributed by atoms with Gasteiger partial charge in [0.15, 0.2) is 0 Å². The summed E-state index contributed by atoms with van der Waals surface area (Å²) >= 11 is 0. The zero-order valence-electron chi connectivity index (χ0n) is 7.33. The summed E-state index contributed by atoms with van der Waals surface area (Å²) in [5.41, 5.74) is 5.38. The Hall–Kier alpha value is -0.610. The number of carbonyl (C=O) groups is 1. The van der Waals surface area contributed by atoms with Crippen LogP contribution in [0.1, 0.15) is 6.92 Å². The summed E-state index contributed by atoms with van der Waals surface area (Å²) < 4.78 is 4.81. The standard InChI is InChI=1S/C7H16N2O2/c1-6(8)7(10)9(2)4-5-11-3/h6H,4-5,8H2,1-3H3/t6-/m0/s1. The molecule has 0 aromatic rings. The molecule has 0 fully saturated rings. The predicted molar refractivity (Wildman–Crippen MR) is 43.2 cm³/mol. The van der Waals surface area contributed by atoms with Crippen LogP contribution in [0.15, 0.2) is 0 Å². The number of methoxy groups -OCH3 is 1. The van der Waals surface area contributed by atoms with E-state index >= 15 is 0 Å².